The molecule has 0 aliphatic heterocycles. The van der Waals surface area contributed by atoms with Gasteiger partial charge in [0.05, 0.1) is 7.11 Å². The van der Waals surface area contributed by atoms with Crippen LogP contribution >= 0.6 is 8.24 Å². The highest BCUT2D eigenvalue weighted by Gasteiger charge is 2.24. The van der Waals surface area contributed by atoms with Gasteiger partial charge < -0.3 is 17.7 Å². The average molecular weight is 597 g/mol. The van der Waals surface area contributed by atoms with Crippen LogP contribution in [0.2, 0.25) is 0 Å². The Labute approximate surface area is 258 Å². The summed E-state index contributed by atoms with van der Waals surface area (Å²) in [6.45, 7) is 6.55. The molecule has 1 atom stereocenters. The molecule has 4 nitrogen and oxygen atoms in total. The maximum absolute atomic E-state index is 6.95. The molecule has 0 aliphatic rings. The Kier molecular flexibility index (Phi) is 7.16. The van der Waals surface area contributed by atoms with Gasteiger partial charge in [-0.05, 0) is 45.5 Å². The van der Waals surface area contributed by atoms with Crippen molar-refractivity contribution < 1.29 is 17.7 Å². The molecular weight excluding hydrogens is 563 g/mol. The zero-order valence-electron chi connectivity index (χ0n) is 25.2. The molecule has 1 aromatic heterocycles. The monoisotopic (exact) mass is 596 g/mol. The number of rotatable bonds is 5. The fourth-order valence-corrected chi connectivity index (χ4v) is 6.89. The normalized spacial score (nSPS) is 12.0. The second-order valence-electron chi connectivity index (χ2n) is 11.9. The third-order valence-electron chi connectivity index (χ3n) is 7.96. The molecule has 1 heterocycles. The van der Waals surface area contributed by atoms with E-state index >= 15 is 0 Å². The lowest BCUT2D eigenvalue weighted by molar-refractivity contribution is 0.413. The van der Waals surface area contributed by atoms with Gasteiger partial charge in [0, 0.05) is 27.5 Å². The molecular formula is C39H33O4P. The van der Waals surface area contributed by atoms with Gasteiger partial charge in [0.2, 0.25) is 0 Å². The van der Waals surface area contributed by atoms with Gasteiger partial charge in [0.25, 0.3) is 0 Å². The molecule has 1 unspecified atom stereocenters. The van der Waals surface area contributed by atoms with Crippen molar-refractivity contribution in [2.24, 2.45) is 0 Å². The van der Waals surface area contributed by atoms with Crippen LogP contribution in [0.5, 0.6) is 11.5 Å². The molecule has 0 saturated carbocycles. The number of para-hydroxylation sites is 1. The van der Waals surface area contributed by atoms with Gasteiger partial charge in [0.15, 0.2) is 5.75 Å². The fourth-order valence-electron chi connectivity index (χ4n) is 5.78. The standard InChI is InChI=1S/C39H33O4P/c1-39(2,3)34-25-29(40-4)24-33-36-30-19-12-11-18-28(30)22-23-35(36)41-44(43-38(33)34)42-37-31(26-14-7-5-8-15-26)20-13-21-32(37)27-16-9-6-10-17-27/h5-25H,1-4H3. The van der Waals surface area contributed by atoms with Crippen molar-refractivity contribution in [2.45, 2.75) is 26.2 Å². The highest BCUT2D eigenvalue weighted by atomic mass is 31.1. The van der Waals surface area contributed by atoms with E-state index in [1.807, 2.05) is 48.5 Å². The Hall–Kier alpha value is -4.92. The van der Waals surface area contributed by atoms with Gasteiger partial charge >= 0.3 is 8.24 Å². The van der Waals surface area contributed by atoms with E-state index in [4.69, 9.17) is 17.7 Å². The Balaban J connectivity index is 1.58. The summed E-state index contributed by atoms with van der Waals surface area (Å²) >= 11 is 0. The van der Waals surface area contributed by atoms with Gasteiger partial charge in [-0.25, -0.2) is 0 Å². The summed E-state index contributed by atoms with van der Waals surface area (Å²) in [5.41, 5.74) is 6.27. The predicted octanol–water partition coefficient (Wildman–Crippen LogP) is 11.9. The third kappa shape index (κ3) is 5.12. The van der Waals surface area contributed by atoms with E-state index in [1.165, 1.54) is 0 Å². The molecule has 5 heteroatoms. The largest absolute Gasteiger partial charge is 0.497 e. The summed E-state index contributed by atoms with van der Waals surface area (Å²) in [6.07, 6.45) is 0. The van der Waals surface area contributed by atoms with Crippen LogP contribution in [0.1, 0.15) is 26.3 Å². The van der Waals surface area contributed by atoms with Gasteiger partial charge in [-0.2, -0.15) is 0 Å². The second kappa shape index (κ2) is 11.3. The van der Waals surface area contributed by atoms with Crippen LogP contribution in [0, 0.1) is 0 Å². The van der Waals surface area contributed by atoms with Crippen molar-refractivity contribution in [2.75, 3.05) is 7.11 Å². The molecule has 7 rings (SSSR count). The number of hydrogen-bond donors (Lipinski definition) is 0. The first-order valence-corrected chi connectivity index (χ1v) is 15.8. The van der Waals surface area contributed by atoms with Crippen molar-refractivity contribution in [3.63, 3.8) is 0 Å². The number of benzene rings is 6. The molecule has 0 fully saturated rings. The number of ether oxygens (including phenoxy) is 1. The van der Waals surface area contributed by atoms with E-state index in [0.717, 1.165) is 60.7 Å². The van der Waals surface area contributed by atoms with E-state index in [1.54, 1.807) is 7.11 Å². The van der Waals surface area contributed by atoms with Gasteiger partial charge in [0.1, 0.15) is 16.9 Å². The summed E-state index contributed by atoms with van der Waals surface area (Å²) < 4.78 is 26.4. The lowest BCUT2D eigenvalue weighted by Crippen LogP contribution is -2.11. The van der Waals surface area contributed by atoms with Gasteiger partial charge in [-0.3, -0.25) is 0 Å². The Bertz CT molecular complexity index is 2100. The van der Waals surface area contributed by atoms with Gasteiger partial charge in [-0.1, -0.05) is 130 Å². The van der Waals surface area contributed by atoms with Crippen LogP contribution in [0.3, 0.4) is 0 Å². The van der Waals surface area contributed by atoms with Gasteiger partial charge in [-0.15, -0.1) is 0 Å². The first-order valence-electron chi connectivity index (χ1n) is 14.7. The van der Waals surface area contributed by atoms with Crippen molar-refractivity contribution >= 4 is 41.0 Å². The molecule has 218 valence electrons. The summed E-state index contributed by atoms with van der Waals surface area (Å²) in [5, 5.41) is 4.09. The molecule has 0 saturated heterocycles. The Morgan fingerprint density at radius 2 is 1.25 bits per heavy atom. The molecule has 0 aliphatic carbocycles. The van der Waals surface area contributed by atoms with E-state index in [9.17, 15) is 0 Å². The molecule has 0 spiro atoms. The van der Waals surface area contributed by atoms with Crippen molar-refractivity contribution in [3.05, 3.63) is 133 Å². The molecule has 0 radical (unpaired) electrons. The van der Waals surface area contributed by atoms with E-state index in [-0.39, 0.29) is 5.41 Å². The van der Waals surface area contributed by atoms with Crippen LogP contribution in [-0.2, 0) is 5.41 Å². The number of hydrogen-bond acceptors (Lipinski definition) is 4. The lowest BCUT2D eigenvalue weighted by atomic mass is 9.85. The molecule has 44 heavy (non-hydrogen) atoms. The first-order chi connectivity index (χ1) is 21.4. The Morgan fingerprint density at radius 3 is 1.89 bits per heavy atom. The molecule has 7 aromatic rings. The average Bonchev–Trinajstić information content (AvgIpc) is 3.21. The minimum absolute atomic E-state index is 0.244. The lowest BCUT2D eigenvalue weighted by Gasteiger charge is -2.21. The minimum Gasteiger partial charge on any atom is -0.497 e. The van der Waals surface area contributed by atoms with E-state index in [0.29, 0.717) is 11.3 Å². The van der Waals surface area contributed by atoms with Crippen LogP contribution in [0.4, 0.5) is 0 Å². The summed E-state index contributed by atoms with van der Waals surface area (Å²) in [6, 6.07) is 43.4. The Morgan fingerprint density at radius 1 is 0.614 bits per heavy atom. The van der Waals surface area contributed by atoms with E-state index < -0.39 is 8.24 Å². The first kappa shape index (κ1) is 27.9. The topological polar surface area (TPSA) is 44.7 Å². The minimum atomic E-state index is -1.93. The third-order valence-corrected chi connectivity index (χ3v) is 8.96. The van der Waals surface area contributed by atoms with Crippen LogP contribution in [0.15, 0.2) is 136 Å². The summed E-state index contributed by atoms with van der Waals surface area (Å²) in [5.74, 6) is 1.48. The van der Waals surface area contributed by atoms with Crippen molar-refractivity contribution in [1.29, 1.82) is 0 Å². The molecule has 0 N–H and O–H groups in total. The SMILES string of the molecule is COc1cc(C(C)(C)C)c2op(Oc3c(-c4ccccc4)cccc3-c3ccccc3)oc3ccc4ccccc4c3c2c1. The molecule has 0 amide bonds. The highest BCUT2D eigenvalue weighted by molar-refractivity contribution is 7.32. The fraction of sp³-hybridized carbons (Fsp3) is 0.128. The second-order valence-corrected chi connectivity index (χ2v) is 12.9. The van der Waals surface area contributed by atoms with Crippen LogP contribution < -0.4 is 9.26 Å². The van der Waals surface area contributed by atoms with E-state index in [2.05, 4.69) is 99.6 Å². The van der Waals surface area contributed by atoms with Crippen molar-refractivity contribution in [3.8, 4) is 33.8 Å². The number of fused-ring (bicyclic) bond motifs is 5. The zero-order valence-corrected chi connectivity index (χ0v) is 26.1. The highest BCUT2D eigenvalue weighted by Crippen LogP contribution is 2.48. The summed E-state index contributed by atoms with van der Waals surface area (Å²) in [7, 11) is -0.232. The molecule has 0 bridgehead atoms. The van der Waals surface area contributed by atoms with Crippen molar-refractivity contribution in [1.82, 2.24) is 0 Å². The maximum atomic E-state index is 6.95. The molecule has 6 aromatic carbocycles. The number of methoxy groups -OCH3 is 1. The predicted molar refractivity (Wildman–Crippen MR) is 182 cm³/mol. The smallest absolute Gasteiger partial charge is 0.453 e. The zero-order chi connectivity index (χ0) is 30.3. The van der Waals surface area contributed by atoms with Crippen LogP contribution in [-0.4, -0.2) is 7.11 Å². The van der Waals surface area contributed by atoms with Crippen LogP contribution in [0.25, 0.3) is 55.0 Å². The quantitative estimate of drug-likeness (QED) is 0.198. The maximum Gasteiger partial charge on any atom is 0.453 e. The summed E-state index contributed by atoms with van der Waals surface area (Å²) in [4.78, 5) is 0.